The summed E-state index contributed by atoms with van der Waals surface area (Å²) in [6, 6.07) is 4.78. The average molecular weight is 261 g/mol. The molecule has 0 aliphatic carbocycles. The van der Waals surface area contributed by atoms with Crippen LogP contribution in [0.25, 0.3) is 0 Å². The lowest BCUT2D eigenvalue weighted by Crippen LogP contribution is -2.35. The molecule has 1 aliphatic heterocycles. The Kier molecular flexibility index (Phi) is 5.20. The van der Waals surface area contributed by atoms with Gasteiger partial charge >= 0.3 is 0 Å². The van der Waals surface area contributed by atoms with Gasteiger partial charge in [0.15, 0.2) is 0 Å². The fourth-order valence-corrected chi connectivity index (χ4v) is 2.91. The van der Waals surface area contributed by atoms with Crippen LogP contribution in [-0.2, 0) is 0 Å². The van der Waals surface area contributed by atoms with Crippen molar-refractivity contribution in [2.24, 2.45) is 5.92 Å². The van der Waals surface area contributed by atoms with Crippen molar-refractivity contribution in [2.45, 2.75) is 46.1 Å². The van der Waals surface area contributed by atoms with Crippen LogP contribution in [0.15, 0.2) is 18.3 Å². The van der Waals surface area contributed by atoms with E-state index in [0.29, 0.717) is 6.04 Å². The van der Waals surface area contributed by atoms with Gasteiger partial charge in [-0.1, -0.05) is 20.3 Å². The van der Waals surface area contributed by atoms with E-state index in [2.05, 4.69) is 48.1 Å². The van der Waals surface area contributed by atoms with E-state index in [1.165, 1.54) is 31.4 Å². The first kappa shape index (κ1) is 14.3. The third-order valence-electron chi connectivity index (χ3n) is 4.20. The molecular formula is C16H27N3. The van der Waals surface area contributed by atoms with Crippen LogP contribution >= 0.6 is 0 Å². The number of hydrogen-bond donors (Lipinski definition) is 1. The standard InChI is InChI=1S/C16H27N3/c1-4-14-7-6-10-19(12-14)16-11-15(8-9-18-16)13(3)17-5-2/h8-9,11,13-14,17H,4-7,10,12H2,1-3H3. The summed E-state index contributed by atoms with van der Waals surface area (Å²) < 4.78 is 0. The van der Waals surface area contributed by atoms with Gasteiger partial charge in [0, 0.05) is 25.3 Å². The third-order valence-corrected chi connectivity index (χ3v) is 4.20. The zero-order valence-electron chi connectivity index (χ0n) is 12.5. The fourth-order valence-electron chi connectivity index (χ4n) is 2.91. The van der Waals surface area contributed by atoms with Crippen LogP contribution in [0.2, 0.25) is 0 Å². The molecule has 19 heavy (non-hydrogen) atoms. The molecule has 0 aromatic carbocycles. The van der Waals surface area contributed by atoms with Gasteiger partial charge < -0.3 is 10.2 Å². The molecule has 1 aromatic heterocycles. The van der Waals surface area contributed by atoms with Gasteiger partial charge in [0.25, 0.3) is 0 Å². The van der Waals surface area contributed by atoms with Gasteiger partial charge in [-0.25, -0.2) is 4.98 Å². The number of rotatable bonds is 5. The molecule has 1 aromatic rings. The van der Waals surface area contributed by atoms with Crippen LogP contribution in [0.1, 0.15) is 51.6 Å². The van der Waals surface area contributed by atoms with Crippen molar-refractivity contribution >= 4 is 5.82 Å². The Hall–Kier alpha value is -1.09. The number of piperidine rings is 1. The molecule has 2 atom stereocenters. The molecule has 1 aliphatic rings. The molecular weight excluding hydrogens is 234 g/mol. The first-order chi connectivity index (χ1) is 9.24. The van der Waals surface area contributed by atoms with Crippen LogP contribution in [-0.4, -0.2) is 24.6 Å². The molecule has 2 heterocycles. The van der Waals surface area contributed by atoms with E-state index in [1.54, 1.807) is 0 Å². The molecule has 3 nitrogen and oxygen atoms in total. The van der Waals surface area contributed by atoms with E-state index < -0.39 is 0 Å². The second-order valence-corrected chi connectivity index (χ2v) is 5.59. The number of nitrogens with one attached hydrogen (secondary N) is 1. The Morgan fingerprint density at radius 3 is 3.05 bits per heavy atom. The first-order valence-corrected chi connectivity index (χ1v) is 7.68. The third kappa shape index (κ3) is 3.69. The Labute approximate surface area is 117 Å². The van der Waals surface area contributed by atoms with E-state index in [1.807, 2.05) is 6.20 Å². The largest absolute Gasteiger partial charge is 0.356 e. The van der Waals surface area contributed by atoms with E-state index in [9.17, 15) is 0 Å². The van der Waals surface area contributed by atoms with E-state index in [0.717, 1.165) is 24.8 Å². The quantitative estimate of drug-likeness (QED) is 0.880. The van der Waals surface area contributed by atoms with Crippen molar-refractivity contribution < 1.29 is 0 Å². The Morgan fingerprint density at radius 2 is 2.32 bits per heavy atom. The lowest BCUT2D eigenvalue weighted by molar-refractivity contribution is 0.403. The number of aromatic nitrogens is 1. The van der Waals surface area contributed by atoms with Crippen molar-refractivity contribution in [3.63, 3.8) is 0 Å². The van der Waals surface area contributed by atoms with Crippen molar-refractivity contribution in [1.82, 2.24) is 10.3 Å². The minimum absolute atomic E-state index is 0.401. The first-order valence-electron chi connectivity index (χ1n) is 7.68. The summed E-state index contributed by atoms with van der Waals surface area (Å²) in [6.45, 7) is 9.99. The predicted octanol–water partition coefficient (Wildman–Crippen LogP) is 3.38. The van der Waals surface area contributed by atoms with Crippen LogP contribution in [0.3, 0.4) is 0 Å². The zero-order chi connectivity index (χ0) is 13.7. The van der Waals surface area contributed by atoms with Gasteiger partial charge in [-0.2, -0.15) is 0 Å². The molecule has 0 spiro atoms. The smallest absolute Gasteiger partial charge is 0.128 e. The maximum Gasteiger partial charge on any atom is 0.128 e. The van der Waals surface area contributed by atoms with E-state index >= 15 is 0 Å². The van der Waals surface area contributed by atoms with Crippen LogP contribution in [0, 0.1) is 5.92 Å². The van der Waals surface area contributed by atoms with Gasteiger partial charge in [-0.3, -0.25) is 0 Å². The highest BCUT2D eigenvalue weighted by Crippen LogP contribution is 2.25. The molecule has 2 unspecified atom stereocenters. The topological polar surface area (TPSA) is 28.2 Å². The summed E-state index contributed by atoms with van der Waals surface area (Å²) in [5, 5.41) is 3.47. The highest BCUT2D eigenvalue weighted by atomic mass is 15.2. The van der Waals surface area contributed by atoms with Crippen molar-refractivity contribution in [2.75, 3.05) is 24.5 Å². The minimum Gasteiger partial charge on any atom is -0.356 e. The van der Waals surface area contributed by atoms with Gasteiger partial charge in [0.1, 0.15) is 5.82 Å². The summed E-state index contributed by atoms with van der Waals surface area (Å²) in [5.41, 5.74) is 1.34. The molecule has 0 bridgehead atoms. The van der Waals surface area contributed by atoms with Crippen LogP contribution in [0.4, 0.5) is 5.82 Å². The fraction of sp³-hybridized carbons (Fsp3) is 0.688. The molecule has 0 amide bonds. The number of anilines is 1. The normalized spacial score (nSPS) is 21.4. The summed E-state index contributed by atoms with van der Waals surface area (Å²) in [5.74, 6) is 1.99. The maximum absolute atomic E-state index is 4.57. The molecule has 1 fully saturated rings. The Bertz CT molecular complexity index is 391. The monoisotopic (exact) mass is 261 g/mol. The Balaban J connectivity index is 2.09. The van der Waals surface area contributed by atoms with Crippen molar-refractivity contribution in [1.29, 1.82) is 0 Å². The van der Waals surface area contributed by atoms with E-state index in [4.69, 9.17) is 0 Å². The number of hydrogen-bond acceptors (Lipinski definition) is 3. The summed E-state index contributed by atoms with van der Waals surface area (Å²) >= 11 is 0. The van der Waals surface area contributed by atoms with E-state index in [-0.39, 0.29) is 0 Å². The summed E-state index contributed by atoms with van der Waals surface area (Å²) in [4.78, 5) is 7.03. The van der Waals surface area contributed by atoms with Gasteiger partial charge in [-0.15, -0.1) is 0 Å². The molecule has 106 valence electrons. The predicted molar refractivity (Wildman–Crippen MR) is 81.6 cm³/mol. The molecule has 1 saturated heterocycles. The molecule has 2 rings (SSSR count). The molecule has 3 heteroatoms. The summed E-state index contributed by atoms with van der Waals surface area (Å²) in [6.07, 6.45) is 5.91. The SMILES string of the molecule is CCNC(C)c1ccnc(N2CCCC(CC)C2)c1. The van der Waals surface area contributed by atoms with Crippen molar-refractivity contribution in [3.8, 4) is 0 Å². The zero-order valence-corrected chi connectivity index (χ0v) is 12.5. The van der Waals surface area contributed by atoms with Crippen LogP contribution in [0.5, 0.6) is 0 Å². The lowest BCUT2D eigenvalue weighted by Gasteiger charge is -2.33. The van der Waals surface area contributed by atoms with Crippen LogP contribution < -0.4 is 10.2 Å². The highest BCUT2D eigenvalue weighted by molar-refractivity contribution is 5.42. The number of nitrogens with zero attached hydrogens (tertiary/aromatic N) is 2. The minimum atomic E-state index is 0.401. The highest BCUT2D eigenvalue weighted by Gasteiger charge is 2.20. The second-order valence-electron chi connectivity index (χ2n) is 5.59. The Morgan fingerprint density at radius 1 is 1.47 bits per heavy atom. The molecule has 1 N–H and O–H groups in total. The van der Waals surface area contributed by atoms with Gasteiger partial charge in [-0.05, 0) is 49.9 Å². The van der Waals surface area contributed by atoms with Gasteiger partial charge in [0.2, 0.25) is 0 Å². The average Bonchev–Trinajstić information content (AvgIpc) is 2.48. The molecule has 0 saturated carbocycles. The molecule has 0 radical (unpaired) electrons. The summed E-state index contributed by atoms with van der Waals surface area (Å²) in [7, 11) is 0. The van der Waals surface area contributed by atoms with Crippen molar-refractivity contribution in [3.05, 3.63) is 23.9 Å². The number of pyridine rings is 1. The lowest BCUT2D eigenvalue weighted by atomic mass is 9.95. The second kappa shape index (κ2) is 6.90. The van der Waals surface area contributed by atoms with Gasteiger partial charge in [0.05, 0.1) is 0 Å². The maximum atomic E-state index is 4.57.